The molecule has 0 amide bonds. The maximum atomic E-state index is 12.6. The minimum Gasteiger partial charge on any atom is -0.350 e. The zero-order valence-electron chi connectivity index (χ0n) is 15.7. The third-order valence-electron chi connectivity index (χ3n) is 4.71. The zero-order chi connectivity index (χ0) is 19.6. The first-order valence-corrected chi connectivity index (χ1v) is 10.7. The molecule has 1 aromatic heterocycles. The van der Waals surface area contributed by atoms with Gasteiger partial charge in [0.15, 0.2) is 0 Å². The number of likely N-dealkylation sites (N-methyl/N-ethyl adjacent to an activating group) is 1. The van der Waals surface area contributed by atoms with Gasteiger partial charge in [-0.2, -0.15) is 0 Å². The zero-order valence-corrected chi connectivity index (χ0v) is 17.3. The van der Waals surface area contributed by atoms with Crippen LogP contribution in [0.2, 0.25) is 5.02 Å². The minimum atomic E-state index is -3.51. The second kappa shape index (κ2) is 8.02. The maximum absolute atomic E-state index is 12.6. The van der Waals surface area contributed by atoms with Crippen LogP contribution in [-0.2, 0) is 22.8 Å². The SMILES string of the molecule is CN(C)[C@H](CNS(=O)(=O)Cc1ccccc1Cl)c1cn(C)c2ccccc12. The summed E-state index contributed by atoms with van der Waals surface area (Å²) in [5, 5.41) is 1.59. The molecular formula is C20H24ClN3O2S. The van der Waals surface area contributed by atoms with Gasteiger partial charge in [-0.3, -0.25) is 0 Å². The van der Waals surface area contributed by atoms with Crippen molar-refractivity contribution in [2.75, 3.05) is 20.6 Å². The van der Waals surface area contributed by atoms with Gasteiger partial charge in [0.05, 0.1) is 5.75 Å². The van der Waals surface area contributed by atoms with Crippen molar-refractivity contribution in [3.8, 4) is 0 Å². The fraction of sp³-hybridized carbons (Fsp3) is 0.300. The highest BCUT2D eigenvalue weighted by Gasteiger charge is 2.22. The molecule has 0 aliphatic carbocycles. The number of aromatic nitrogens is 1. The van der Waals surface area contributed by atoms with Gasteiger partial charge < -0.3 is 9.47 Å². The molecule has 2 aromatic carbocycles. The van der Waals surface area contributed by atoms with Gasteiger partial charge in [-0.05, 0) is 37.4 Å². The molecule has 0 unspecified atom stereocenters. The Labute approximate surface area is 165 Å². The van der Waals surface area contributed by atoms with E-state index in [9.17, 15) is 8.42 Å². The number of rotatable bonds is 7. The van der Waals surface area contributed by atoms with Crippen molar-refractivity contribution in [1.82, 2.24) is 14.2 Å². The molecule has 1 N–H and O–H groups in total. The van der Waals surface area contributed by atoms with E-state index in [1.165, 1.54) is 0 Å². The van der Waals surface area contributed by atoms with E-state index in [0.717, 1.165) is 16.5 Å². The van der Waals surface area contributed by atoms with Crippen molar-refractivity contribution in [3.05, 3.63) is 70.9 Å². The maximum Gasteiger partial charge on any atom is 0.215 e. The van der Waals surface area contributed by atoms with Gasteiger partial charge >= 0.3 is 0 Å². The van der Waals surface area contributed by atoms with Crippen LogP contribution in [0.1, 0.15) is 17.2 Å². The molecule has 27 heavy (non-hydrogen) atoms. The van der Waals surface area contributed by atoms with Crippen LogP contribution in [0, 0.1) is 0 Å². The molecule has 0 aliphatic heterocycles. The molecule has 144 valence electrons. The quantitative estimate of drug-likeness (QED) is 0.654. The summed E-state index contributed by atoms with van der Waals surface area (Å²) >= 11 is 6.10. The third kappa shape index (κ3) is 4.52. The Bertz CT molecular complexity index is 1040. The summed E-state index contributed by atoms with van der Waals surface area (Å²) in [6.07, 6.45) is 2.07. The molecule has 0 spiro atoms. The molecule has 0 bridgehead atoms. The van der Waals surface area contributed by atoms with Crippen LogP contribution in [0.3, 0.4) is 0 Å². The monoisotopic (exact) mass is 405 g/mol. The first kappa shape index (κ1) is 19.9. The van der Waals surface area contributed by atoms with E-state index in [0.29, 0.717) is 10.6 Å². The summed E-state index contributed by atoms with van der Waals surface area (Å²) in [5.74, 6) is -0.137. The van der Waals surface area contributed by atoms with Gasteiger partial charge in [-0.25, -0.2) is 13.1 Å². The lowest BCUT2D eigenvalue weighted by molar-refractivity contribution is 0.301. The molecule has 0 aliphatic rings. The van der Waals surface area contributed by atoms with Gasteiger partial charge in [0.25, 0.3) is 0 Å². The van der Waals surface area contributed by atoms with Crippen LogP contribution in [0.5, 0.6) is 0 Å². The van der Waals surface area contributed by atoms with Crippen molar-refractivity contribution < 1.29 is 8.42 Å². The van der Waals surface area contributed by atoms with E-state index < -0.39 is 10.0 Å². The molecule has 1 atom stereocenters. The molecule has 0 fully saturated rings. The number of nitrogens with zero attached hydrogens (tertiary/aromatic N) is 2. The van der Waals surface area contributed by atoms with Crippen LogP contribution < -0.4 is 4.72 Å². The lowest BCUT2D eigenvalue weighted by Crippen LogP contribution is -2.35. The van der Waals surface area contributed by atoms with E-state index >= 15 is 0 Å². The second-order valence-electron chi connectivity index (χ2n) is 6.89. The fourth-order valence-electron chi connectivity index (χ4n) is 3.29. The number of aryl methyl sites for hydroxylation is 1. The van der Waals surface area contributed by atoms with Crippen molar-refractivity contribution in [2.45, 2.75) is 11.8 Å². The number of hydrogen-bond donors (Lipinski definition) is 1. The van der Waals surface area contributed by atoms with Crippen molar-refractivity contribution in [3.63, 3.8) is 0 Å². The second-order valence-corrected chi connectivity index (χ2v) is 9.10. The summed E-state index contributed by atoms with van der Waals surface area (Å²) in [7, 11) is 2.40. The predicted molar refractivity (Wildman–Crippen MR) is 111 cm³/mol. The van der Waals surface area contributed by atoms with E-state index in [4.69, 9.17) is 11.6 Å². The predicted octanol–water partition coefficient (Wildman–Crippen LogP) is 3.55. The van der Waals surface area contributed by atoms with Gasteiger partial charge in [0.2, 0.25) is 10.0 Å². The highest BCUT2D eigenvalue weighted by molar-refractivity contribution is 7.88. The Kier molecular flexibility index (Phi) is 5.91. The lowest BCUT2D eigenvalue weighted by atomic mass is 10.1. The van der Waals surface area contributed by atoms with Gasteiger partial charge in [-0.1, -0.05) is 48.0 Å². The first-order valence-electron chi connectivity index (χ1n) is 8.69. The van der Waals surface area contributed by atoms with Crippen LogP contribution in [0.4, 0.5) is 0 Å². The fourth-order valence-corrected chi connectivity index (χ4v) is 4.74. The summed E-state index contributed by atoms with van der Waals surface area (Å²) in [6.45, 7) is 0.286. The van der Waals surface area contributed by atoms with Crippen LogP contribution in [0.15, 0.2) is 54.7 Å². The van der Waals surface area contributed by atoms with E-state index in [1.54, 1.807) is 24.3 Å². The number of halogens is 1. The Hall–Kier alpha value is -1.86. The lowest BCUT2D eigenvalue weighted by Gasteiger charge is -2.24. The van der Waals surface area contributed by atoms with Gasteiger partial charge in [0.1, 0.15) is 0 Å². The summed E-state index contributed by atoms with van der Waals surface area (Å²) in [6, 6.07) is 15.1. The van der Waals surface area contributed by atoms with E-state index in [1.807, 2.05) is 38.2 Å². The van der Waals surface area contributed by atoms with Gasteiger partial charge in [-0.15, -0.1) is 0 Å². The highest BCUT2D eigenvalue weighted by atomic mass is 35.5. The van der Waals surface area contributed by atoms with Crippen LogP contribution in [0.25, 0.3) is 10.9 Å². The van der Waals surface area contributed by atoms with E-state index in [-0.39, 0.29) is 18.3 Å². The Balaban J connectivity index is 1.82. The largest absolute Gasteiger partial charge is 0.350 e. The van der Waals surface area contributed by atoms with Crippen molar-refractivity contribution in [1.29, 1.82) is 0 Å². The number of sulfonamides is 1. The van der Waals surface area contributed by atoms with Crippen LogP contribution in [-0.4, -0.2) is 38.5 Å². The molecule has 0 radical (unpaired) electrons. The molecule has 7 heteroatoms. The average molecular weight is 406 g/mol. The highest BCUT2D eigenvalue weighted by Crippen LogP contribution is 2.28. The molecule has 5 nitrogen and oxygen atoms in total. The number of fused-ring (bicyclic) bond motifs is 1. The number of para-hydroxylation sites is 1. The molecule has 0 saturated heterocycles. The number of benzene rings is 2. The third-order valence-corrected chi connectivity index (χ3v) is 6.38. The molecular weight excluding hydrogens is 382 g/mol. The number of hydrogen-bond acceptors (Lipinski definition) is 3. The van der Waals surface area contributed by atoms with Gasteiger partial charge in [0, 0.05) is 41.8 Å². The normalized spacial score (nSPS) is 13.4. The molecule has 3 rings (SSSR count). The minimum absolute atomic E-state index is 0.0860. The molecule has 3 aromatic rings. The smallest absolute Gasteiger partial charge is 0.215 e. The van der Waals surface area contributed by atoms with Crippen molar-refractivity contribution in [2.24, 2.45) is 7.05 Å². The molecule has 1 heterocycles. The Morgan fingerprint density at radius 3 is 2.48 bits per heavy atom. The van der Waals surface area contributed by atoms with E-state index in [2.05, 4.69) is 27.6 Å². The molecule has 0 saturated carbocycles. The van der Waals surface area contributed by atoms with Crippen molar-refractivity contribution >= 4 is 32.5 Å². The standard InChI is InChI=1S/C20H24ClN3O2S/c1-23(2)20(17-13-24(3)19-11-7-5-9-16(17)19)12-22-27(25,26)14-15-8-4-6-10-18(15)21/h4-11,13,20,22H,12,14H2,1-3H3/t20-/m1/s1. The first-order chi connectivity index (χ1) is 12.8. The summed E-state index contributed by atoms with van der Waals surface area (Å²) in [4.78, 5) is 2.03. The number of nitrogens with one attached hydrogen (secondary N) is 1. The van der Waals surface area contributed by atoms with Crippen LogP contribution >= 0.6 is 11.6 Å². The average Bonchev–Trinajstić information content (AvgIpc) is 2.94. The Morgan fingerprint density at radius 2 is 1.78 bits per heavy atom. The Morgan fingerprint density at radius 1 is 1.11 bits per heavy atom. The summed E-state index contributed by atoms with van der Waals surface area (Å²) in [5.41, 5.74) is 2.81. The topological polar surface area (TPSA) is 54.3 Å². The summed E-state index contributed by atoms with van der Waals surface area (Å²) < 4.78 is 30.0.